The van der Waals surface area contributed by atoms with E-state index in [4.69, 9.17) is 0 Å². The SMILES string of the molecule is Cc1cccc(-n2c(CNC(=O)c3cccc(F)c3)nnc2SCC(=O)N2CCc3ccccc32)c1. The molecule has 0 saturated carbocycles. The van der Waals surface area contributed by atoms with Crippen LogP contribution in [0.15, 0.2) is 78.0 Å². The van der Waals surface area contributed by atoms with E-state index in [1.165, 1.54) is 35.5 Å². The van der Waals surface area contributed by atoms with E-state index >= 15 is 0 Å². The van der Waals surface area contributed by atoms with Crippen molar-refractivity contribution in [2.24, 2.45) is 0 Å². The van der Waals surface area contributed by atoms with Gasteiger partial charge in [-0.2, -0.15) is 0 Å². The molecule has 1 aliphatic heterocycles. The van der Waals surface area contributed by atoms with E-state index in [1.54, 1.807) is 6.07 Å². The average Bonchev–Trinajstić information content (AvgIpc) is 3.50. The normalized spacial score (nSPS) is 12.4. The Hall–Kier alpha value is -3.98. The van der Waals surface area contributed by atoms with Crippen LogP contribution in [-0.4, -0.2) is 38.9 Å². The molecular formula is C27H24FN5O2S. The molecule has 36 heavy (non-hydrogen) atoms. The van der Waals surface area contributed by atoms with Gasteiger partial charge in [-0.1, -0.05) is 48.2 Å². The van der Waals surface area contributed by atoms with Gasteiger partial charge in [0.1, 0.15) is 5.82 Å². The van der Waals surface area contributed by atoms with Gasteiger partial charge in [0.15, 0.2) is 11.0 Å². The standard InChI is InChI=1S/C27H24FN5O2S/c1-18-6-4-10-22(14-18)33-24(16-29-26(35)20-8-5-9-21(28)15-20)30-31-27(33)36-17-25(34)32-13-12-19-7-2-3-11-23(19)32/h2-11,14-15H,12-13,16-17H2,1H3,(H,29,35). The maximum Gasteiger partial charge on any atom is 0.251 e. The van der Waals surface area contributed by atoms with Crippen LogP contribution in [0, 0.1) is 12.7 Å². The Labute approximate surface area is 212 Å². The number of aromatic nitrogens is 3. The number of amides is 2. The molecule has 0 atom stereocenters. The molecule has 0 unspecified atom stereocenters. The molecule has 9 heteroatoms. The summed E-state index contributed by atoms with van der Waals surface area (Å²) in [6.07, 6.45) is 0.848. The van der Waals surface area contributed by atoms with Crippen molar-refractivity contribution in [3.8, 4) is 5.69 Å². The van der Waals surface area contributed by atoms with Gasteiger partial charge < -0.3 is 10.2 Å². The predicted molar refractivity (Wildman–Crippen MR) is 137 cm³/mol. The molecule has 1 aromatic heterocycles. The molecular weight excluding hydrogens is 477 g/mol. The lowest BCUT2D eigenvalue weighted by atomic mass is 10.2. The summed E-state index contributed by atoms with van der Waals surface area (Å²) in [5.41, 5.74) is 4.25. The van der Waals surface area contributed by atoms with Crippen molar-refractivity contribution >= 4 is 29.3 Å². The summed E-state index contributed by atoms with van der Waals surface area (Å²) in [5.74, 6) is -0.176. The Bertz CT molecular complexity index is 1440. The number of aryl methyl sites for hydroxylation is 1. The van der Waals surface area contributed by atoms with Gasteiger partial charge in [0.05, 0.1) is 12.3 Å². The minimum absolute atomic E-state index is 0.00435. The van der Waals surface area contributed by atoms with Crippen molar-refractivity contribution in [3.63, 3.8) is 0 Å². The Kier molecular flexibility index (Phi) is 6.81. The highest BCUT2D eigenvalue weighted by Gasteiger charge is 2.25. The summed E-state index contributed by atoms with van der Waals surface area (Å²) < 4.78 is 15.4. The third-order valence-corrected chi connectivity index (χ3v) is 6.88. The lowest BCUT2D eigenvalue weighted by molar-refractivity contribution is -0.116. The van der Waals surface area contributed by atoms with Crippen LogP contribution in [0.5, 0.6) is 0 Å². The molecule has 0 radical (unpaired) electrons. The largest absolute Gasteiger partial charge is 0.345 e. The molecule has 7 nitrogen and oxygen atoms in total. The van der Waals surface area contributed by atoms with Crippen molar-refractivity contribution in [2.75, 3.05) is 17.2 Å². The zero-order valence-electron chi connectivity index (χ0n) is 19.6. The fraction of sp³-hybridized carbons (Fsp3) is 0.185. The zero-order chi connectivity index (χ0) is 25.1. The van der Waals surface area contributed by atoms with Crippen LogP contribution in [0.2, 0.25) is 0 Å². The van der Waals surface area contributed by atoms with Gasteiger partial charge in [-0.15, -0.1) is 10.2 Å². The molecule has 2 amide bonds. The summed E-state index contributed by atoms with van der Waals surface area (Å²) in [4.78, 5) is 27.4. The van der Waals surface area contributed by atoms with Crippen LogP contribution >= 0.6 is 11.8 Å². The molecule has 0 fully saturated rings. The second-order valence-electron chi connectivity index (χ2n) is 8.48. The van der Waals surface area contributed by atoms with Crippen molar-refractivity contribution in [2.45, 2.75) is 25.0 Å². The Morgan fingerprint density at radius 1 is 1.03 bits per heavy atom. The number of nitrogens with zero attached hydrogens (tertiary/aromatic N) is 4. The van der Waals surface area contributed by atoms with Gasteiger partial charge >= 0.3 is 0 Å². The first-order valence-corrected chi connectivity index (χ1v) is 12.5. The number of benzene rings is 3. The minimum Gasteiger partial charge on any atom is -0.345 e. The van der Waals surface area contributed by atoms with E-state index in [0.29, 0.717) is 17.5 Å². The van der Waals surface area contributed by atoms with E-state index in [0.717, 1.165) is 23.4 Å². The van der Waals surface area contributed by atoms with Crippen LogP contribution in [0.25, 0.3) is 5.69 Å². The molecule has 182 valence electrons. The Balaban J connectivity index is 1.35. The fourth-order valence-electron chi connectivity index (χ4n) is 4.23. The first-order valence-electron chi connectivity index (χ1n) is 11.6. The van der Waals surface area contributed by atoms with Gasteiger partial charge in [0.2, 0.25) is 5.91 Å². The number of hydrogen-bond donors (Lipinski definition) is 1. The van der Waals surface area contributed by atoms with E-state index in [9.17, 15) is 14.0 Å². The predicted octanol–water partition coefficient (Wildman–Crippen LogP) is 4.33. The zero-order valence-corrected chi connectivity index (χ0v) is 20.5. The molecule has 0 spiro atoms. The van der Waals surface area contributed by atoms with E-state index in [2.05, 4.69) is 21.6 Å². The molecule has 1 N–H and O–H groups in total. The highest BCUT2D eigenvalue weighted by atomic mass is 32.2. The molecule has 0 saturated heterocycles. The lowest BCUT2D eigenvalue weighted by Crippen LogP contribution is -2.30. The molecule has 0 aliphatic carbocycles. The summed E-state index contributed by atoms with van der Waals surface area (Å²) in [5, 5.41) is 12.0. The number of para-hydroxylation sites is 1. The first kappa shape index (κ1) is 23.7. The molecule has 3 aromatic carbocycles. The maximum atomic E-state index is 13.5. The van der Waals surface area contributed by atoms with E-state index in [-0.39, 0.29) is 23.8 Å². The topological polar surface area (TPSA) is 80.1 Å². The van der Waals surface area contributed by atoms with Gasteiger partial charge in [-0.3, -0.25) is 14.2 Å². The van der Waals surface area contributed by atoms with Crippen molar-refractivity contribution < 1.29 is 14.0 Å². The number of halogens is 1. The van der Waals surface area contributed by atoms with Crippen LogP contribution in [-0.2, 0) is 17.8 Å². The van der Waals surface area contributed by atoms with Crippen LogP contribution in [0.3, 0.4) is 0 Å². The van der Waals surface area contributed by atoms with E-state index in [1.807, 2.05) is 58.9 Å². The van der Waals surface area contributed by atoms with Gasteiger partial charge in [-0.25, -0.2) is 4.39 Å². The Morgan fingerprint density at radius 3 is 2.69 bits per heavy atom. The number of rotatable bonds is 7. The summed E-state index contributed by atoms with van der Waals surface area (Å²) in [6, 6.07) is 21.3. The van der Waals surface area contributed by atoms with Gasteiger partial charge in [0, 0.05) is 23.5 Å². The van der Waals surface area contributed by atoms with Gasteiger partial charge in [0.25, 0.3) is 5.91 Å². The maximum absolute atomic E-state index is 13.5. The smallest absolute Gasteiger partial charge is 0.251 e. The Morgan fingerprint density at radius 2 is 1.86 bits per heavy atom. The quantitative estimate of drug-likeness (QED) is 0.382. The highest BCUT2D eigenvalue weighted by Crippen LogP contribution is 2.29. The lowest BCUT2D eigenvalue weighted by Gasteiger charge is -2.17. The number of hydrogen-bond acceptors (Lipinski definition) is 5. The molecule has 1 aliphatic rings. The van der Waals surface area contributed by atoms with Crippen LogP contribution in [0.1, 0.15) is 27.3 Å². The average molecular weight is 502 g/mol. The molecule has 0 bridgehead atoms. The second kappa shape index (κ2) is 10.3. The van der Waals surface area contributed by atoms with Crippen LogP contribution < -0.4 is 10.2 Å². The van der Waals surface area contributed by atoms with Crippen molar-refractivity contribution in [1.82, 2.24) is 20.1 Å². The van der Waals surface area contributed by atoms with Crippen molar-refractivity contribution in [1.29, 1.82) is 0 Å². The molecule has 2 heterocycles. The molecule has 4 aromatic rings. The number of thioether (sulfide) groups is 1. The number of nitrogens with one attached hydrogen (secondary N) is 1. The fourth-order valence-corrected chi connectivity index (χ4v) is 5.07. The molecule has 5 rings (SSSR count). The number of fused-ring (bicyclic) bond motifs is 1. The monoisotopic (exact) mass is 501 g/mol. The first-order chi connectivity index (χ1) is 17.5. The summed E-state index contributed by atoms with van der Waals surface area (Å²) in [6.45, 7) is 2.74. The highest BCUT2D eigenvalue weighted by molar-refractivity contribution is 7.99. The van der Waals surface area contributed by atoms with Crippen LogP contribution in [0.4, 0.5) is 10.1 Å². The third kappa shape index (κ3) is 5.01. The summed E-state index contributed by atoms with van der Waals surface area (Å²) >= 11 is 1.31. The summed E-state index contributed by atoms with van der Waals surface area (Å²) in [7, 11) is 0. The second-order valence-corrected chi connectivity index (χ2v) is 9.42. The number of carbonyl (C=O) groups excluding carboxylic acids is 2. The van der Waals surface area contributed by atoms with Gasteiger partial charge in [-0.05, 0) is 60.9 Å². The number of carbonyl (C=O) groups is 2. The minimum atomic E-state index is -0.477. The number of anilines is 1. The third-order valence-electron chi connectivity index (χ3n) is 5.97. The van der Waals surface area contributed by atoms with E-state index < -0.39 is 11.7 Å². The van der Waals surface area contributed by atoms with Crippen molar-refractivity contribution in [3.05, 3.63) is 101 Å².